The molecule has 3 aliphatic carbocycles. The zero-order chi connectivity index (χ0) is 18.6. The lowest BCUT2D eigenvalue weighted by Crippen LogP contribution is -2.50. The van der Waals surface area contributed by atoms with E-state index >= 15 is 0 Å². The van der Waals surface area contributed by atoms with Gasteiger partial charge in [0.2, 0.25) is 0 Å². The fourth-order valence-electron chi connectivity index (χ4n) is 5.88. The largest absolute Gasteiger partial charge is 0.481 e. The Morgan fingerprint density at radius 3 is 2.44 bits per heavy atom. The van der Waals surface area contributed by atoms with Crippen molar-refractivity contribution in [3.8, 4) is 0 Å². The Kier molecular flexibility index (Phi) is 4.37. The molecule has 0 saturated heterocycles. The van der Waals surface area contributed by atoms with Gasteiger partial charge in [0.25, 0.3) is 0 Å². The molecule has 25 heavy (non-hydrogen) atoms. The fourth-order valence-corrected chi connectivity index (χ4v) is 5.88. The van der Waals surface area contributed by atoms with E-state index in [1.54, 1.807) is 0 Å². The summed E-state index contributed by atoms with van der Waals surface area (Å²) in [6.07, 6.45) is 7.11. The maximum Gasteiger partial charge on any atom is 0.331 e. The van der Waals surface area contributed by atoms with Gasteiger partial charge in [0, 0.05) is 5.57 Å². The minimum absolute atomic E-state index is 0.0610. The number of rotatable bonds is 3. The molecule has 4 atom stereocenters. The van der Waals surface area contributed by atoms with E-state index in [0.717, 1.165) is 44.1 Å². The number of hydrogen-bond donors (Lipinski definition) is 2. The summed E-state index contributed by atoms with van der Waals surface area (Å²) in [7, 11) is 0. The molecule has 1 saturated carbocycles. The third-order valence-corrected chi connectivity index (χ3v) is 7.37. The molecule has 0 aromatic carbocycles. The first-order chi connectivity index (χ1) is 11.6. The second kappa shape index (κ2) is 6.00. The van der Waals surface area contributed by atoms with Crippen molar-refractivity contribution in [2.45, 2.75) is 66.2 Å². The van der Waals surface area contributed by atoms with Crippen molar-refractivity contribution in [3.05, 3.63) is 22.8 Å². The molecule has 3 aliphatic rings. The summed E-state index contributed by atoms with van der Waals surface area (Å²) < 4.78 is 0. The summed E-state index contributed by atoms with van der Waals surface area (Å²) in [5.74, 6) is -1.10. The third-order valence-electron chi connectivity index (χ3n) is 7.37. The van der Waals surface area contributed by atoms with Crippen molar-refractivity contribution in [2.24, 2.45) is 28.6 Å². The lowest BCUT2D eigenvalue weighted by Gasteiger charge is -2.55. The van der Waals surface area contributed by atoms with Gasteiger partial charge in [0.1, 0.15) is 0 Å². The molecule has 0 bridgehead atoms. The highest BCUT2D eigenvalue weighted by Gasteiger charge is 2.56. The lowest BCUT2D eigenvalue weighted by atomic mass is 9.48. The maximum atomic E-state index is 12.0. The van der Waals surface area contributed by atoms with E-state index in [1.807, 2.05) is 13.0 Å². The van der Waals surface area contributed by atoms with Crippen molar-refractivity contribution < 1.29 is 19.8 Å². The van der Waals surface area contributed by atoms with Crippen molar-refractivity contribution >= 4 is 11.9 Å². The van der Waals surface area contributed by atoms with Crippen LogP contribution in [0.2, 0.25) is 0 Å². The van der Waals surface area contributed by atoms with E-state index in [4.69, 9.17) is 0 Å². The minimum Gasteiger partial charge on any atom is -0.481 e. The average molecular weight is 346 g/mol. The number of allylic oxidation sites excluding steroid dienone is 3. The van der Waals surface area contributed by atoms with Gasteiger partial charge in [-0.1, -0.05) is 32.8 Å². The van der Waals surface area contributed by atoms with Gasteiger partial charge in [-0.15, -0.1) is 0 Å². The van der Waals surface area contributed by atoms with Crippen LogP contribution >= 0.6 is 0 Å². The van der Waals surface area contributed by atoms with Crippen LogP contribution in [0.15, 0.2) is 22.8 Å². The van der Waals surface area contributed by atoms with Gasteiger partial charge in [-0.25, -0.2) is 4.79 Å². The van der Waals surface area contributed by atoms with Gasteiger partial charge in [-0.3, -0.25) is 4.79 Å². The van der Waals surface area contributed by atoms with Crippen molar-refractivity contribution in [3.63, 3.8) is 0 Å². The SMILES string of the molecule is CC(C)C1CC2=C(C=C1C(=O)O)C1(C)CCCC(C)(C(=O)O)C1CC2. The van der Waals surface area contributed by atoms with E-state index < -0.39 is 17.4 Å². The molecule has 3 rings (SSSR count). The molecular weight excluding hydrogens is 316 g/mol. The van der Waals surface area contributed by atoms with Gasteiger partial charge in [0.15, 0.2) is 0 Å². The molecule has 4 nitrogen and oxygen atoms in total. The van der Waals surface area contributed by atoms with Gasteiger partial charge < -0.3 is 10.2 Å². The maximum absolute atomic E-state index is 12.0. The first-order valence-corrected chi connectivity index (χ1v) is 9.52. The van der Waals surface area contributed by atoms with Crippen LogP contribution in [0.1, 0.15) is 66.2 Å². The summed E-state index contributed by atoms with van der Waals surface area (Å²) in [5, 5.41) is 19.6. The van der Waals surface area contributed by atoms with Crippen molar-refractivity contribution in [2.75, 3.05) is 0 Å². The molecule has 4 heteroatoms. The second-order valence-corrected chi connectivity index (χ2v) is 9.06. The topological polar surface area (TPSA) is 74.6 Å². The molecule has 2 N–H and O–H groups in total. The Bertz CT molecular complexity index is 671. The number of fused-ring (bicyclic) bond motifs is 2. The summed E-state index contributed by atoms with van der Waals surface area (Å²) in [6, 6.07) is 0. The summed E-state index contributed by atoms with van der Waals surface area (Å²) in [6.45, 7) is 8.24. The lowest BCUT2D eigenvalue weighted by molar-refractivity contribution is -0.159. The number of hydrogen-bond acceptors (Lipinski definition) is 2. The molecular formula is C21H30O4. The second-order valence-electron chi connectivity index (χ2n) is 9.06. The molecule has 1 fully saturated rings. The highest BCUT2D eigenvalue weighted by atomic mass is 16.4. The summed E-state index contributed by atoms with van der Waals surface area (Å²) in [4.78, 5) is 23.9. The monoisotopic (exact) mass is 346 g/mol. The molecule has 0 radical (unpaired) electrons. The smallest absolute Gasteiger partial charge is 0.331 e. The Balaban J connectivity index is 2.09. The zero-order valence-electron chi connectivity index (χ0n) is 15.8. The molecule has 0 heterocycles. The van der Waals surface area contributed by atoms with E-state index in [9.17, 15) is 19.8 Å². The van der Waals surface area contributed by atoms with Crippen molar-refractivity contribution in [1.29, 1.82) is 0 Å². The first kappa shape index (κ1) is 18.2. The Morgan fingerprint density at radius 1 is 1.20 bits per heavy atom. The van der Waals surface area contributed by atoms with Crippen LogP contribution in [0, 0.1) is 28.6 Å². The highest BCUT2D eigenvalue weighted by molar-refractivity contribution is 5.88. The van der Waals surface area contributed by atoms with Gasteiger partial charge in [0.05, 0.1) is 5.41 Å². The zero-order valence-corrected chi connectivity index (χ0v) is 15.8. The van der Waals surface area contributed by atoms with Crippen LogP contribution in [0.4, 0.5) is 0 Å². The van der Waals surface area contributed by atoms with Crippen LogP contribution in [-0.2, 0) is 9.59 Å². The number of carbonyl (C=O) groups is 2. The molecule has 0 aromatic rings. The fraction of sp³-hybridized carbons (Fsp3) is 0.714. The van der Waals surface area contributed by atoms with E-state index in [0.29, 0.717) is 5.57 Å². The van der Waals surface area contributed by atoms with Crippen LogP contribution < -0.4 is 0 Å². The van der Waals surface area contributed by atoms with E-state index in [-0.39, 0.29) is 23.2 Å². The normalized spacial score (nSPS) is 38.0. The number of carboxylic acid groups (broad SMARTS) is 2. The molecule has 0 amide bonds. The van der Waals surface area contributed by atoms with E-state index in [2.05, 4.69) is 20.8 Å². The average Bonchev–Trinajstić information content (AvgIpc) is 2.53. The van der Waals surface area contributed by atoms with Gasteiger partial charge in [-0.2, -0.15) is 0 Å². The van der Waals surface area contributed by atoms with Crippen LogP contribution in [0.25, 0.3) is 0 Å². The van der Waals surface area contributed by atoms with Crippen molar-refractivity contribution in [1.82, 2.24) is 0 Å². The molecule has 138 valence electrons. The molecule has 0 aliphatic heterocycles. The molecule has 4 unspecified atom stereocenters. The third kappa shape index (κ3) is 2.65. The Morgan fingerprint density at radius 2 is 1.88 bits per heavy atom. The van der Waals surface area contributed by atoms with E-state index in [1.165, 1.54) is 5.57 Å². The first-order valence-electron chi connectivity index (χ1n) is 9.52. The van der Waals surface area contributed by atoms with Gasteiger partial charge >= 0.3 is 11.9 Å². The number of aliphatic carboxylic acids is 2. The van der Waals surface area contributed by atoms with Crippen LogP contribution in [-0.4, -0.2) is 22.2 Å². The quantitative estimate of drug-likeness (QED) is 0.779. The highest BCUT2D eigenvalue weighted by Crippen LogP contribution is 2.61. The predicted octanol–water partition coefficient (Wildman–Crippen LogP) is 4.66. The standard InChI is InChI=1S/C21H30O4/c1-12(2)14-10-13-6-7-17-20(3,16(13)11-15(14)18(22)23)8-5-9-21(17,4)19(24)25/h11-12,14,17H,5-10H2,1-4H3,(H,22,23)(H,24,25). The summed E-state index contributed by atoms with van der Waals surface area (Å²) >= 11 is 0. The summed E-state index contributed by atoms with van der Waals surface area (Å²) in [5.41, 5.74) is 2.10. The molecule has 0 spiro atoms. The molecule has 0 aromatic heterocycles. The minimum atomic E-state index is -0.826. The Labute approximate surface area is 150 Å². The van der Waals surface area contributed by atoms with Crippen LogP contribution in [0.5, 0.6) is 0 Å². The van der Waals surface area contributed by atoms with Gasteiger partial charge in [-0.05, 0) is 73.8 Å². The number of carboxylic acids is 2. The van der Waals surface area contributed by atoms with Crippen LogP contribution in [0.3, 0.4) is 0 Å². The Hall–Kier alpha value is -1.58. The predicted molar refractivity (Wildman–Crippen MR) is 96.1 cm³/mol.